The van der Waals surface area contributed by atoms with E-state index in [0.717, 1.165) is 28.4 Å². The number of benzene rings is 2. The van der Waals surface area contributed by atoms with Gasteiger partial charge in [-0.3, -0.25) is 0 Å². The molecule has 0 amide bonds. The molecule has 1 N–H and O–H groups in total. The Morgan fingerprint density at radius 3 is 2.59 bits per heavy atom. The van der Waals surface area contributed by atoms with Crippen LogP contribution in [0.1, 0.15) is 42.8 Å². The fourth-order valence-corrected chi connectivity index (χ4v) is 3.66. The van der Waals surface area contributed by atoms with Crippen LogP contribution in [0.5, 0.6) is 0 Å². The minimum absolute atomic E-state index is 0.408. The molecule has 0 aliphatic heterocycles. The van der Waals surface area contributed by atoms with E-state index in [-0.39, 0.29) is 0 Å². The van der Waals surface area contributed by atoms with Crippen LogP contribution in [0.2, 0.25) is 0 Å². The third kappa shape index (κ3) is 4.45. The average Bonchev–Trinajstić information content (AvgIpc) is 3.19. The molecule has 0 aliphatic carbocycles. The van der Waals surface area contributed by atoms with Crippen molar-refractivity contribution in [2.45, 2.75) is 33.1 Å². The smallest absolute Gasteiger partial charge is 0.136 e. The van der Waals surface area contributed by atoms with E-state index in [1.54, 1.807) is 6.20 Å². The summed E-state index contributed by atoms with van der Waals surface area (Å²) in [5.74, 6) is 0.408. The lowest BCUT2D eigenvalue weighted by Crippen LogP contribution is -1.97. The van der Waals surface area contributed by atoms with Crippen LogP contribution < -0.4 is 5.32 Å². The molecule has 0 aliphatic rings. The first-order valence-corrected chi connectivity index (χ1v) is 10.0. The van der Waals surface area contributed by atoms with Crippen LogP contribution in [0, 0.1) is 11.3 Å². The number of aryl methyl sites for hydroxylation is 1. The summed E-state index contributed by atoms with van der Waals surface area (Å²) in [7, 11) is 0. The number of anilines is 1. The Morgan fingerprint density at radius 1 is 1.19 bits per heavy atom. The molecule has 0 unspecified atom stereocenters. The first kappa shape index (κ1) is 18.9. The van der Waals surface area contributed by atoms with Gasteiger partial charge >= 0.3 is 0 Å². The molecule has 0 saturated carbocycles. The van der Waals surface area contributed by atoms with Crippen LogP contribution in [-0.2, 0) is 6.42 Å². The van der Waals surface area contributed by atoms with Crippen LogP contribution in [0.15, 0.2) is 60.1 Å². The Labute approximate surface area is 165 Å². The number of nitriles is 1. The van der Waals surface area contributed by atoms with E-state index in [2.05, 4.69) is 67.5 Å². The summed E-state index contributed by atoms with van der Waals surface area (Å²) >= 11 is 1.49. The lowest BCUT2D eigenvalue weighted by atomic mass is 10.0. The van der Waals surface area contributed by atoms with Crippen LogP contribution in [0.25, 0.3) is 16.8 Å². The molecule has 3 rings (SSSR count). The number of hydrogen-bond acceptors (Lipinski definition) is 4. The van der Waals surface area contributed by atoms with Gasteiger partial charge in [0.05, 0.1) is 5.69 Å². The zero-order chi connectivity index (χ0) is 19.2. The highest BCUT2D eigenvalue weighted by molar-refractivity contribution is 7.11. The fraction of sp³-hybridized carbons (Fsp3) is 0.217. The largest absolute Gasteiger partial charge is 0.360 e. The maximum Gasteiger partial charge on any atom is 0.136 e. The van der Waals surface area contributed by atoms with Gasteiger partial charge in [-0.2, -0.15) is 5.26 Å². The predicted octanol–water partition coefficient (Wildman–Crippen LogP) is 6.47. The zero-order valence-electron chi connectivity index (χ0n) is 15.9. The van der Waals surface area contributed by atoms with Crippen LogP contribution in [0.3, 0.4) is 0 Å². The van der Waals surface area contributed by atoms with Gasteiger partial charge in [0.1, 0.15) is 16.6 Å². The Kier molecular flexibility index (Phi) is 6.05. The highest BCUT2D eigenvalue weighted by Gasteiger charge is 2.10. The van der Waals surface area contributed by atoms with Gasteiger partial charge < -0.3 is 5.32 Å². The number of hydrogen-bond donors (Lipinski definition) is 1. The number of allylic oxidation sites excluding steroid dienone is 1. The molecular weight excluding hydrogens is 350 g/mol. The van der Waals surface area contributed by atoms with Gasteiger partial charge in [-0.05, 0) is 29.5 Å². The Bertz CT molecular complexity index is 975. The molecule has 3 nitrogen and oxygen atoms in total. The lowest BCUT2D eigenvalue weighted by molar-refractivity contribution is 0.869. The average molecular weight is 374 g/mol. The van der Waals surface area contributed by atoms with Gasteiger partial charge in [0.2, 0.25) is 0 Å². The number of nitrogens with one attached hydrogen (secondary N) is 1. The van der Waals surface area contributed by atoms with E-state index in [1.165, 1.54) is 22.5 Å². The highest BCUT2D eigenvalue weighted by Crippen LogP contribution is 2.28. The number of nitrogens with zero attached hydrogens (tertiary/aromatic N) is 2. The Morgan fingerprint density at radius 2 is 1.93 bits per heavy atom. The zero-order valence-corrected chi connectivity index (χ0v) is 16.7. The van der Waals surface area contributed by atoms with Crippen molar-refractivity contribution in [1.82, 2.24) is 4.98 Å². The second-order valence-electron chi connectivity index (χ2n) is 6.64. The van der Waals surface area contributed by atoms with Gasteiger partial charge in [-0.15, -0.1) is 11.3 Å². The van der Waals surface area contributed by atoms with Gasteiger partial charge in [-0.1, -0.05) is 63.2 Å². The fourth-order valence-electron chi connectivity index (χ4n) is 2.86. The molecule has 136 valence electrons. The first-order valence-electron chi connectivity index (χ1n) is 9.13. The molecule has 4 heteroatoms. The minimum atomic E-state index is 0.408. The van der Waals surface area contributed by atoms with Crippen molar-refractivity contribution in [2.75, 3.05) is 5.32 Å². The van der Waals surface area contributed by atoms with E-state index in [4.69, 9.17) is 0 Å². The van der Waals surface area contributed by atoms with Crippen LogP contribution in [-0.4, -0.2) is 4.98 Å². The Balaban J connectivity index is 1.83. The van der Waals surface area contributed by atoms with Crippen molar-refractivity contribution in [3.63, 3.8) is 0 Å². The van der Waals surface area contributed by atoms with Crippen LogP contribution >= 0.6 is 11.3 Å². The van der Waals surface area contributed by atoms with Gasteiger partial charge in [-0.25, -0.2) is 4.98 Å². The normalized spacial score (nSPS) is 11.4. The van der Waals surface area contributed by atoms with Gasteiger partial charge in [0.15, 0.2) is 0 Å². The van der Waals surface area contributed by atoms with E-state index < -0.39 is 0 Å². The maximum absolute atomic E-state index is 9.59. The third-order valence-corrected chi connectivity index (χ3v) is 5.34. The summed E-state index contributed by atoms with van der Waals surface area (Å²) < 4.78 is 0. The van der Waals surface area contributed by atoms with Crippen molar-refractivity contribution < 1.29 is 0 Å². The van der Waals surface area contributed by atoms with E-state index in [0.29, 0.717) is 11.5 Å². The monoisotopic (exact) mass is 373 g/mol. The molecule has 27 heavy (non-hydrogen) atoms. The van der Waals surface area contributed by atoms with Crippen molar-refractivity contribution in [1.29, 1.82) is 5.26 Å². The second-order valence-corrected chi connectivity index (χ2v) is 7.50. The van der Waals surface area contributed by atoms with Gasteiger partial charge in [0, 0.05) is 22.8 Å². The van der Waals surface area contributed by atoms with Crippen LogP contribution in [0.4, 0.5) is 5.69 Å². The van der Waals surface area contributed by atoms with Gasteiger partial charge in [0.25, 0.3) is 0 Å². The van der Waals surface area contributed by atoms with Crippen molar-refractivity contribution in [2.24, 2.45) is 0 Å². The molecule has 1 aromatic heterocycles. The molecule has 2 aromatic carbocycles. The quantitative estimate of drug-likeness (QED) is 0.504. The summed E-state index contributed by atoms with van der Waals surface area (Å²) in [5, 5.41) is 15.6. The van der Waals surface area contributed by atoms with E-state index in [1.807, 2.05) is 23.6 Å². The molecule has 1 heterocycles. The highest BCUT2D eigenvalue weighted by atomic mass is 32.1. The first-order chi connectivity index (χ1) is 13.1. The molecular formula is C23H23N3S. The lowest BCUT2D eigenvalue weighted by Gasteiger charge is -2.12. The predicted molar refractivity (Wildman–Crippen MR) is 115 cm³/mol. The minimum Gasteiger partial charge on any atom is -0.360 e. The molecule has 0 saturated heterocycles. The standard InChI is InChI=1S/C23H23N3S/c1-4-17-9-11-18(12-10-17)22-15-27-23(26-22)19(13-24)14-25-21-8-6-5-7-20(21)16(2)3/h5-12,14-16,25H,4H2,1-3H3/b19-14-. The summed E-state index contributed by atoms with van der Waals surface area (Å²) in [6, 6.07) is 18.9. The summed E-state index contributed by atoms with van der Waals surface area (Å²) in [4.78, 5) is 4.66. The Hall–Kier alpha value is -2.90. The molecule has 0 radical (unpaired) electrons. The topological polar surface area (TPSA) is 48.7 Å². The molecule has 0 atom stereocenters. The third-order valence-electron chi connectivity index (χ3n) is 4.47. The number of aromatic nitrogens is 1. The summed E-state index contributed by atoms with van der Waals surface area (Å²) in [5.41, 5.74) is 6.07. The summed E-state index contributed by atoms with van der Waals surface area (Å²) in [6.45, 7) is 6.46. The molecule has 0 fully saturated rings. The molecule has 3 aromatic rings. The maximum atomic E-state index is 9.59. The van der Waals surface area contributed by atoms with Crippen molar-refractivity contribution in [3.8, 4) is 17.3 Å². The summed E-state index contributed by atoms with van der Waals surface area (Å²) in [6.07, 6.45) is 2.78. The number of thiazole rings is 1. The second kappa shape index (κ2) is 8.66. The van der Waals surface area contributed by atoms with Crippen molar-refractivity contribution >= 4 is 22.6 Å². The molecule has 0 bridgehead atoms. The van der Waals surface area contributed by atoms with E-state index in [9.17, 15) is 5.26 Å². The van der Waals surface area contributed by atoms with E-state index >= 15 is 0 Å². The SMILES string of the molecule is CCc1ccc(-c2csc(/C(C#N)=C\Nc3ccccc3C(C)C)n2)cc1. The number of rotatable bonds is 6. The molecule has 0 spiro atoms. The van der Waals surface area contributed by atoms with Crippen molar-refractivity contribution in [3.05, 3.63) is 76.2 Å². The number of para-hydroxylation sites is 1.